The Kier molecular flexibility index (Phi) is 4.35. The van der Waals surface area contributed by atoms with E-state index < -0.39 is 9.84 Å². The summed E-state index contributed by atoms with van der Waals surface area (Å²) in [7, 11) is -2.79. The van der Waals surface area contributed by atoms with Gasteiger partial charge < -0.3 is 15.0 Å². The topological polar surface area (TPSA) is 58.6 Å². The maximum atomic E-state index is 11.4. The number of hydrogen-bond donors (Lipinski definition) is 1. The van der Waals surface area contributed by atoms with Crippen LogP contribution < -0.4 is 10.2 Å². The molecule has 0 spiro atoms. The average molecular weight is 310 g/mol. The lowest BCUT2D eigenvalue weighted by atomic mass is 10.1. The smallest absolute Gasteiger partial charge is 0.150 e. The molecule has 5 nitrogen and oxygen atoms in total. The molecule has 1 aromatic carbocycles. The number of anilines is 2. The van der Waals surface area contributed by atoms with E-state index in [9.17, 15) is 8.42 Å². The minimum Gasteiger partial charge on any atom is -0.382 e. The van der Waals surface area contributed by atoms with Gasteiger partial charge in [0.25, 0.3) is 0 Å². The van der Waals surface area contributed by atoms with E-state index >= 15 is 0 Å². The Balaban J connectivity index is 1.57. The van der Waals surface area contributed by atoms with Gasteiger partial charge in [-0.25, -0.2) is 8.42 Å². The molecule has 0 saturated carbocycles. The van der Waals surface area contributed by atoms with E-state index in [0.717, 1.165) is 32.0 Å². The number of benzene rings is 1. The third-order valence-electron chi connectivity index (χ3n) is 4.17. The van der Waals surface area contributed by atoms with Crippen molar-refractivity contribution in [3.8, 4) is 0 Å². The number of ether oxygens (including phenoxy) is 1. The molecular formula is C15H22N2O3S. The molecule has 21 heavy (non-hydrogen) atoms. The van der Waals surface area contributed by atoms with Gasteiger partial charge in [-0.1, -0.05) is 0 Å². The van der Waals surface area contributed by atoms with Crippen molar-refractivity contribution in [2.45, 2.75) is 18.9 Å². The van der Waals surface area contributed by atoms with Crippen LogP contribution in [0.4, 0.5) is 11.4 Å². The summed E-state index contributed by atoms with van der Waals surface area (Å²) in [4.78, 5) is 2.32. The first-order valence-electron chi connectivity index (χ1n) is 7.52. The second-order valence-electron chi connectivity index (χ2n) is 5.72. The molecule has 0 atom stereocenters. The molecule has 116 valence electrons. The number of sulfone groups is 1. The van der Waals surface area contributed by atoms with Crippen molar-refractivity contribution in [2.24, 2.45) is 0 Å². The average Bonchev–Trinajstić information content (AvgIpc) is 2.51. The molecule has 2 saturated heterocycles. The maximum absolute atomic E-state index is 11.4. The molecule has 2 aliphatic heterocycles. The van der Waals surface area contributed by atoms with Crippen molar-refractivity contribution in [3.05, 3.63) is 24.3 Å². The number of hydrogen-bond acceptors (Lipinski definition) is 5. The van der Waals surface area contributed by atoms with Crippen LogP contribution in [-0.2, 0) is 14.6 Å². The molecule has 0 radical (unpaired) electrons. The Morgan fingerprint density at radius 2 is 1.67 bits per heavy atom. The van der Waals surface area contributed by atoms with Crippen LogP contribution in [0.1, 0.15) is 12.8 Å². The zero-order chi connectivity index (χ0) is 14.7. The summed E-state index contributed by atoms with van der Waals surface area (Å²) in [5, 5.41) is 3.44. The molecule has 3 rings (SSSR count). The van der Waals surface area contributed by atoms with Gasteiger partial charge >= 0.3 is 0 Å². The predicted molar refractivity (Wildman–Crippen MR) is 84.8 cm³/mol. The van der Waals surface area contributed by atoms with Gasteiger partial charge in [-0.3, -0.25) is 0 Å². The SMILES string of the molecule is O=S1(=O)CCC(Nc2ccc(N3CCOCC3)cc2)CC1. The number of rotatable bonds is 3. The summed E-state index contributed by atoms with van der Waals surface area (Å²) in [6, 6.07) is 8.66. The highest BCUT2D eigenvalue weighted by Gasteiger charge is 2.23. The van der Waals surface area contributed by atoms with E-state index in [0.29, 0.717) is 24.3 Å². The van der Waals surface area contributed by atoms with Crippen molar-refractivity contribution in [3.63, 3.8) is 0 Å². The minimum atomic E-state index is -2.79. The standard InChI is InChI=1S/C15H22N2O3S/c18-21(19)11-5-14(6-12-21)16-13-1-3-15(4-2-13)17-7-9-20-10-8-17/h1-4,14,16H,5-12H2. The van der Waals surface area contributed by atoms with Crippen LogP contribution in [0.15, 0.2) is 24.3 Å². The minimum absolute atomic E-state index is 0.266. The molecule has 1 N–H and O–H groups in total. The fourth-order valence-electron chi connectivity index (χ4n) is 2.86. The van der Waals surface area contributed by atoms with Crippen LogP contribution in [0, 0.1) is 0 Å². The van der Waals surface area contributed by atoms with Crippen LogP contribution in [0.5, 0.6) is 0 Å². The Bertz CT molecular complexity index is 551. The van der Waals surface area contributed by atoms with E-state index in [4.69, 9.17) is 4.74 Å². The summed E-state index contributed by atoms with van der Waals surface area (Å²) in [5.41, 5.74) is 2.28. The van der Waals surface area contributed by atoms with Crippen molar-refractivity contribution in [2.75, 3.05) is 48.0 Å². The van der Waals surface area contributed by atoms with E-state index in [2.05, 4.69) is 34.5 Å². The van der Waals surface area contributed by atoms with E-state index in [1.54, 1.807) is 0 Å². The Morgan fingerprint density at radius 3 is 2.29 bits per heavy atom. The number of nitrogens with one attached hydrogen (secondary N) is 1. The molecule has 0 bridgehead atoms. The van der Waals surface area contributed by atoms with Gasteiger partial charge in [-0.05, 0) is 37.1 Å². The van der Waals surface area contributed by atoms with E-state index in [1.165, 1.54) is 5.69 Å². The fraction of sp³-hybridized carbons (Fsp3) is 0.600. The maximum Gasteiger partial charge on any atom is 0.150 e. The number of nitrogens with zero attached hydrogens (tertiary/aromatic N) is 1. The number of morpholine rings is 1. The van der Waals surface area contributed by atoms with Gasteiger partial charge in [0.1, 0.15) is 9.84 Å². The quantitative estimate of drug-likeness (QED) is 0.917. The van der Waals surface area contributed by atoms with Crippen LogP contribution in [-0.4, -0.2) is 52.3 Å². The van der Waals surface area contributed by atoms with Gasteiger partial charge in [-0.15, -0.1) is 0 Å². The summed E-state index contributed by atoms with van der Waals surface area (Å²) >= 11 is 0. The van der Waals surface area contributed by atoms with E-state index in [1.807, 2.05) is 0 Å². The second kappa shape index (κ2) is 6.23. The molecular weight excluding hydrogens is 288 g/mol. The summed E-state index contributed by atoms with van der Waals surface area (Å²) < 4.78 is 28.2. The second-order valence-corrected chi connectivity index (χ2v) is 8.02. The Labute approximate surface area is 126 Å². The molecule has 2 heterocycles. The molecule has 2 aliphatic rings. The molecule has 0 aliphatic carbocycles. The van der Waals surface area contributed by atoms with Gasteiger partial charge in [0.2, 0.25) is 0 Å². The van der Waals surface area contributed by atoms with Crippen molar-refractivity contribution in [1.29, 1.82) is 0 Å². The van der Waals surface area contributed by atoms with E-state index in [-0.39, 0.29) is 6.04 Å². The highest BCUT2D eigenvalue weighted by atomic mass is 32.2. The lowest BCUT2D eigenvalue weighted by Gasteiger charge is -2.29. The van der Waals surface area contributed by atoms with Gasteiger partial charge in [0.05, 0.1) is 24.7 Å². The van der Waals surface area contributed by atoms with Gasteiger partial charge in [0, 0.05) is 30.5 Å². The Morgan fingerprint density at radius 1 is 1.05 bits per heavy atom. The zero-order valence-electron chi connectivity index (χ0n) is 12.1. The molecule has 2 fully saturated rings. The van der Waals surface area contributed by atoms with Crippen molar-refractivity contribution < 1.29 is 13.2 Å². The van der Waals surface area contributed by atoms with Gasteiger partial charge in [0.15, 0.2) is 0 Å². The lowest BCUT2D eigenvalue weighted by molar-refractivity contribution is 0.122. The predicted octanol–water partition coefficient (Wildman–Crippen LogP) is 1.51. The monoisotopic (exact) mass is 310 g/mol. The van der Waals surface area contributed by atoms with Crippen molar-refractivity contribution in [1.82, 2.24) is 0 Å². The molecule has 0 unspecified atom stereocenters. The zero-order valence-corrected chi connectivity index (χ0v) is 12.9. The normalized spacial score (nSPS) is 23.0. The molecule has 1 aromatic rings. The summed E-state index contributed by atoms with van der Waals surface area (Å²) in [6.07, 6.45) is 1.40. The first-order valence-corrected chi connectivity index (χ1v) is 9.34. The summed E-state index contributed by atoms with van der Waals surface area (Å²) in [6.45, 7) is 3.45. The first-order chi connectivity index (χ1) is 10.1. The summed E-state index contributed by atoms with van der Waals surface area (Å²) in [5.74, 6) is 0.604. The highest BCUT2D eigenvalue weighted by molar-refractivity contribution is 7.91. The molecule has 6 heteroatoms. The Hall–Kier alpha value is -1.27. The van der Waals surface area contributed by atoms with Gasteiger partial charge in [-0.2, -0.15) is 0 Å². The third-order valence-corrected chi connectivity index (χ3v) is 5.88. The van der Waals surface area contributed by atoms with Crippen LogP contribution in [0.25, 0.3) is 0 Å². The van der Waals surface area contributed by atoms with Crippen LogP contribution in [0.2, 0.25) is 0 Å². The fourth-order valence-corrected chi connectivity index (χ4v) is 4.35. The van der Waals surface area contributed by atoms with Crippen molar-refractivity contribution >= 4 is 21.2 Å². The first kappa shape index (κ1) is 14.7. The van der Waals surface area contributed by atoms with Crippen LogP contribution >= 0.6 is 0 Å². The third kappa shape index (κ3) is 3.89. The lowest BCUT2D eigenvalue weighted by Crippen LogP contribution is -2.36. The molecule has 0 aromatic heterocycles. The largest absolute Gasteiger partial charge is 0.382 e. The molecule has 0 amide bonds. The van der Waals surface area contributed by atoms with Crippen LogP contribution in [0.3, 0.4) is 0 Å². The highest BCUT2D eigenvalue weighted by Crippen LogP contribution is 2.22.